The number of rotatable bonds is 8. The van der Waals surface area contributed by atoms with E-state index in [9.17, 15) is 0 Å². The van der Waals surface area contributed by atoms with Crippen molar-refractivity contribution >= 4 is 11.6 Å². The maximum absolute atomic E-state index is 5.95. The van der Waals surface area contributed by atoms with Crippen molar-refractivity contribution in [3.05, 3.63) is 34.9 Å². The molecule has 0 aliphatic rings. The first-order valence-corrected chi connectivity index (χ1v) is 8.00. The number of nitrogens with zero attached hydrogens (tertiary/aromatic N) is 1. The molecule has 0 aliphatic carbocycles. The lowest BCUT2D eigenvalue weighted by Gasteiger charge is -2.31. The van der Waals surface area contributed by atoms with Gasteiger partial charge in [0.15, 0.2) is 0 Å². The SMILES string of the molecule is CC(C)NCCCC(C)N(C)C(C)c1ccc(Cl)cc1. The Labute approximate surface area is 129 Å². The summed E-state index contributed by atoms with van der Waals surface area (Å²) < 4.78 is 0. The minimum Gasteiger partial charge on any atom is -0.315 e. The summed E-state index contributed by atoms with van der Waals surface area (Å²) in [4.78, 5) is 2.44. The molecule has 0 aliphatic heterocycles. The Bertz CT molecular complexity index is 375. The van der Waals surface area contributed by atoms with Crippen LogP contribution >= 0.6 is 11.6 Å². The number of nitrogens with one attached hydrogen (secondary N) is 1. The molecule has 1 rings (SSSR count). The summed E-state index contributed by atoms with van der Waals surface area (Å²) in [5, 5.41) is 4.28. The van der Waals surface area contributed by atoms with Gasteiger partial charge in [0.25, 0.3) is 0 Å². The monoisotopic (exact) mass is 296 g/mol. The van der Waals surface area contributed by atoms with Crippen molar-refractivity contribution in [2.75, 3.05) is 13.6 Å². The fourth-order valence-electron chi connectivity index (χ4n) is 2.35. The molecular formula is C17H29ClN2. The summed E-state index contributed by atoms with van der Waals surface area (Å²) in [6.45, 7) is 10.1. The maximum atomic E-state index is 5.95. The van der Waals surface area contributed by atoms with Crippen molar-refractivity contribution in [2.24, 2.45) is 0 Å². The Kier molecular flexibility index (Phi) is 7.57. The van der Waals surface area contributed by atoms with Crippen molar-refractivity contribution in [2.45, 2.75) is 58.7 Å². The highest BCUT2D eigenvalue weighted by Gasteiger charge is 2.17. The van der Waals surface area contributed by atoms with Gasteiger partial charge in [0.05, 0.1) is 0 Å². The number of benzene rings is 1. The molecule has 20 heavy (non-hydrogen) atoms. The Hall–Kier alpha value is -0.570. The number of hydrogen-bond donors (Lipinski definition) is 1. The first-order chi connectivity index (χ1) is 9.41. The van der Waals surface area contributed by atoms with Gasteiger partial charge in [-0.1, -0.05) is 37.6 Å². The van der Waals surface area contributed by atoms with Crippen molar-refractivity contribution in [3.8, 4) is 0 Å². The molecule has 114 valence electrons. The standard InChI is InChI=1S/C17H29ClN2/c1-13(2)19-12-6-7-14(3)20(5)15(4)16-8-10-17(18)11-9-16/h8-11,13-15,19H,6-7,12H2,1-5H3. The Morgan fingerprint density at radius 3 is 2.25 bits per heavy atom. The lowest BCUT2D eigenvalue weighted by Crippen LogP contribution is -2.33. The molecule has 2 unspecified atom stereocenters. The predicted octanol–water partition coefficient (Wildman–Crippen LogP) is 4.50. The minimum absolute atomic E-state index is 0.417. The molecule has 0 radical (unpaired) electrons. The van der Waals surface area contributed by atoms with E-state index < -0.39 is 0 Å². The highest BCUT2D eigenvalue weighted by molar-refractivity contribution is 6.30. The smallest absolute Gasteiger partial charge is 0.0406 e. The molecular weight excluding hydrogens is 268 g/mol. The second-order valence-corrected chi connectivity index (χ2v) is 6.43. The van der Waals surface area contributed by atoms with Crippen LogP contribution in [-0.4, -0.2) is 30.6 Å². The van der Waals surface area contributed by atoms with E-state index in [4.69, 9.17) is 11.6 Å². The van der Waals surface area contributed by atoms with Crippen molar-refractivity contribution in [1.82, 2.24) is 10.2 Å². The molecule has 0 fully saturated rings. The second kappa shape index (κ2) is 8.66. The zero-order valence-electron chi connectivity index (χ0n) is 13.5. The number of halogens is 1. The third-order valence-electron chi connectivity index (χ3n) is 4.01. The Balaban J connectivity index is 2.43. The molecule has 3 heteroatoms. The summed E-state index contributed by atoms with van der Waals surface area (Å²) in [5.41, 5.74) is 1.32. The summed E-state index contributed by atoms with van der Waals surface area (Å²) in [6.07, 6.45) is 2.44. The molecule has 2 nitrogen and oxygen atoms in total. The summed E-state index contributed by atoms with van der Waals surface area (Å²) in [5.74, 6) is 0. The van der Waals surface area contributed by atoms with E-state index in [0.717, 1.165) is 11.6 Å². The van der Waals surface area contributed by atoms with Crippen LogP contribution in [0.25, 0.3) is 0 Å². The average molecular weight is 297 g/mol. The van der Waals surface area contributed by atoms with Gasteiger partial charge in [0, 0.05) is 23.1 Å². The van der Waals surface area contributed by atoms with E-state index in [0.29, 0.717) is 18.1 Å². The van der Waals surface area contributed by atoms with Crippen LogP contribution in [0.3, 0.4) is 0 Å². The van der Waals surface area contributed by atoms with Gasteiger partial charge in [-0.05, 0) is 58.0 Å². The summed E-state index contributed by atoms with van der Waals surface area (Å²) >= 11 is 5.95. The zero-order valence-corrected chi connectivity index (χ0v) is 14.2. The minimum atomic E-state index is 0.417. The molecule has 2 atom stereocenters. The van der Waals surface area contributed by atoms with Crippen LogP contribution in [0, 0.1) is 0 Å². The van der Waals surface area contributed by atoms with Gasteiger partial charge in [-0.15, -0.1) is 0 Å². The van der Waals surface area contributed by atoms with E-state index in [1.54, 1.807) is 0 Å². The van der Waals surface area contributed by atoms with Gasteiger partial charge < -0.3 is 5.32 Å². The van der Waals surface area contributed by atoms with E-state index in [-0.39, 0.29) is 0 Å². The molecule has 1 N–H and O–H groups in total. The quantitative estimate of drug-likeness (QED) is 0.711. The van der Waals surface area contributed by atoms with Crippen LogP contribution in [-0.2, 0) is 0 Å². The molecule has 0 amide bonds. The highest BCUT2D eigenvalue weighted by atomic mass is 35.5. The molecule has 0 bridgehead atoms. The normalized spacial score (nSPS) is 14.8. The van der Waals surface area contributed by atoms with Gasteiger partial charge in [0.2, 0.25) is 0 Å². The molecule has 0 saturated heterocycles. The summed E-state index contributed by atoms with van der Waals surface area (Å²) in [7, 11) is 2.21. The van der Waals surface area contributed by atoms with Crippen LogP contribution in [0.4, 0.5) is 0 Å². The van der Waals surface area contributed by atoms with Gasteiger partial charge in [-0.3, -0.25) is 4.90 Å². The van der Waals surface area contributed by atoms with E-state index in [2.05, 4.69) is 57.1 Å². The van der Waals surface area contributed by atoms with E-state index >= 15 is 0 Å². The molecule has 0 aromatic heterocycles. The Morgan fingerprint density at radius 1 is 1.10 bits per heavy atom. The maximum Gasteiger partial charge on any atom is 0.0406 e. The van der Waals surface area contributed by atoms with Crippen LogP contribution in [0.2, 0.25) is 5.02 Å². The van der Waals surface area contributed by atoms with Crippen molar-refractivity contribution in [1.29, 1.82) is 0 Å². The average Bonchev–Trinajstić information content (AvgIpc) is 2.42. The topological polar surface area (TPSA) is 15.3 Å². The third-order valence-corrected chi connectivity index (χ3v) is 4.26. The largest absolute Gasteiger partial charge is 0.315 e. The lowest BCUT2D eigenvalue weighted by molar-refractivity contribution is 0.186. The van der Waals surface area contributed by atoms with E-state index in [1.807, 2.05) is 12.1 Å². The van der Waals surface area contributed by atoms with Gasteiger partial charge >= 0.3 is 0 Å². The first-order valence-electron chi connectivity index (χ1n) is 7.62. The van der Waals surface area contributed by atoms with Crippen LogP contribution in [0.1, 0.15) is 52.1 Å². The third kappa shape index (κ3) is 5.82. The molecule has 0 heterocycles. The van der Waals surface area contributed by atoms with Gasteiger partial charge in [-0.2, -0.15) is 0 Å². The Morgan fingerprint density at radius 2 is 1.70 bits per heavy atom. The molecule has 1 aromatic rings. The fourth-order valence-corrected chi connectivity index (χ4v) is 2.48. The van der Waals surface area contributed by atoms with Crippen LogP contribution < -0.4 is 5.32 Å². The van der Waals surface area contributed by atoms with Gasteiger partial charge in [-0.25, -0.2) is 0 Å². The van der Waals surface area contributed by atoms with E-state index in [1.165, 1.54) is 18.4 Å². The molecule has 0 saturated carbocycles. The number of hydrogen-bond acceptors (Lipinski definition) is 2. The fraction of sp³-hybridized carbons (Fsp3) is 0.647. The highest BCUT2D eigenvalue weighted by Crippen LogP contribution is 2.23. The molecule has 0 spiro atoms. The second-order valence-electron chi connectivity index (χ2n) is 5.99. The first kappa shape index (κ1) is 17.5. The molecule has 1 aromatic carbocycles. The van der Waals surface area contributed by atoms with Crippen LogP contribution in [0.15, 0.2) is 24.3 Å². The lowest BCUT2D eigenvalue weighted by atomic mass is 10.0. The van der Waals surface area contributed by atoms with Crippen molar-refractivity contribution in [3.63, 3.8) is 0 Å². The van der Waals surface area contributed by atoms with Crippen molar-refractivity contribution < 1.29 is 0 Å². The predicted molar refractivity (Wildman–Crippen MR) is 89.5 cm³/mol. The van der Waals surface area contributed by atoms with Gasteiger partial charge in [0.1, 0.15) is 0 Å². The summed E-state index contributed by atoms with van der Waals surface area (Å²) in [6, 6.07) is 9.76. The zero-order chi connectivity index (χ0) is 15.1. The van der Waals surface area contributed by atoms with Crippen LogP contribution in [0.5, 0.6) is 0 Å².